The predicted molar refractivity (Wildman–Crippen MR) is 131 cm³/mol. The molecule has 35 heavy (non-hydrogen) atoms. The molecule has 2 amide bonds. The van der Waals surface area contributed by atoms with Gasteiger partial charge in [-0.15, -0.1) is 0 Å². The number of carbonyl (C=O) groups is 2. The van der Waals surface area contributed by atoms with E-state index in [-0.39, 0.29) is 49.3 Å². The molecule has 0 aromatic carbocycles. The Hall–Kier alpha value is -1.30. The van der Waals surface area contributed by atoms with Crippen molar-refractivity contribution in [3.63, 3.8) is 0 Å². The largest absolute Gasteiger partial charge is 0.392 e. The maximum Gasteiger partial charge on any atom is 0.225 e. The lowest BCUT2D eigenvalue weighted by atomic mass is 9.77. The number of nitrogens with one attached hydrogen (secondary N) is 1. The van der Waals surface area contributed by atoms with Crippen molar-refractivity contribution in [3.8, 4) is 0 Å². The Morgan fingerprint density at radius 2 is 1.77 bits per heavy atom. The van der Waals surface area contributed by atoms with E-state index < -0.39 is 42.0 Å². The molecule has 2 aliphatic rings. The summed E-state index contributed by atoms with van der Waals surface area (Å²) in [5, 5.41) is 36.6. The van der Waals surface area contributed by atoms with E-state index in [0.717, 1.165) is 0 Å². The van der Waals surface area contributed by atoms with Gasteiger partial charge in [0.1, 0.15) is 6.10 Å². The molecule has 2 aliphatic heterocycles. The monoisotopic (exact) mass is 501 g/mol. The van der Waals surface area contributed by atoms with Crippen LogP contribution in [-0.4, -0.2) is 114 Å². The third-order valence-electron chi connectivity index (χ3n) is 7.52. The Bertz CT molecular complexity index is 719. The number of nitrogens with zero attached hydrogens (tertiary/aromatic N) is 2. The number of aliphatic hydroxyl groups is 3. The zero-order valence-electron chi connectivity index (χ0n) is 22.6. The van der Waals surface area contributed by atoms with Crippen molar-refractivity contribution in [1.29, 1.82) is 0 Å². The van der Waals surface area contributed by atoms with E-state index in [4.69, 9.17) is 9.47 Å². The van der Waals surface area contributed by atoms with Crippen LogP contribution in [0.2, 0.25) is 0 Å². The summed E-state index contributed by atoms with van der Waals surface area (Å²) < 4.78 is 12.3. The second kappa shape index (κ2) is 12.3. The summed E-state index contributed by atoms with van der Waals surface area (Å²) in [6.07, 6.45) is -3.17. The first-order chi connectivity index (χ1) is 16.2. The molecule has 0 bridgehead atoms. The van der Waals surface area contributed by atoms with Crippen molar-refractivity contribution < 1.29 is 34.4 Å². The summed E-state index contributed by atoms with van der Waals surface area (Å²) in [4.78, 5) is 28.7. The third-order valence-corrected chi connectivity index (χ3v) is 7.52. The van der Waals surface area contributed by atoms with Crippen LogP contribution in [0.5, 0.6) is 0 Å². The maximum absolute atomic E-state index is 12.7. The summed E-state index contributed by atoms with van der Waals surface area (Å²) in [5.41, 5.74) is -1.44. The highest BCUT2D eigenvalue weighted by atomic mass is 16.7. The van der Waals surface area contributed by atoms with Gasteiger partial charge in [0.15, 0.2) is 6.29 Å². The second-order valence-electron chi connectivity index (χ2n) is 11.2. The minimum atomic E-state index is -1.44. The Balaban J connectivity index is 2.39. The van der Waals surface area contributed by atoms with Crippen molar-refractivity contribution in [2.45, 2.75) is 96.2 Å². The average molecular weight is 502 g/mol. The van der Waals surface area contributed by atoms with E-state index in [1.165, 1.54) is 0 Å². The molecule has 0 aromatic heterocycles. The van der Waals surface area contributed by atoms with Crippen molar-refractivity contribution in [3.05, 3.63) is 0 Å². The van der Waals surface area contributed by atoms with Gasteiger partial charge < -0.3 is 39.9 Å². The lowest BCUT2D eigenvalue weighted by Crippen LogP contribution is -2.59. The number of rotatable bonds is 3. The smallest absolute Gasteiger partial charge is 0.225 e. The summed E-state index contributed by atoms with van der Waals surface area (Å²) in [6, 6.07) is -0.198. The highest BCUT2D eigenvalue weighted by Gasteiger charge is 2.47. The predicted octanol–water partition coefficient (Wildman–Crippen LogP) is 0.186. The Labute approximate surface area is 209 Å². The molecular weight excluding hydrogens is 454 g/mol. The van der Waals surface area contributed by atoms with E-state index in [2.05, 4.69) is 5.32 Å². The standard InChI is InChI=1S/C25H47N3O7/c1-14-12-25(5,33)22(35-24-21(31)18(27(6)7)11-15(2)34-24)16(3)20(30)17(4)23(32)26-10-9-19(29)28(8)13-14/h14-18,20-22,24,30-31,33H,9-13H2,1-8H3,(H,26,32)/t14-,15-,16+,17-,18+,20+,21-,22-,24+,25-/m1/s1. The van der Waals surface area contributed by atoms with E-state index in [1.807, 2.05) is 32.8 Å². The number of ether oxygens (including phenoxy) is 2. The Morgan fingerprint density at radius 3 is 2.37 bits per heavy atom. The van der Waals surface area contributed by atoms with Gasteiger partial charge >= 0.3 is 0 Å². The van der Waals surface area contributed by atoms with Crippen LogP contribution < -0.4 is 5.32 Å². The van der Waals surface area contributed by atoms with E-state index in [9.17, 15) is 24.9 Å². The topological polar surface area (TPSA) is 132 Å². The first-order valence-corrected chi connectivity index (χ1v) is 12.7. The fraction of sp³-hybridized carbons (Fsp3) is 0.920. The summed E-state index contributed by atoms with van der Waals surface area (Å²) in [6.45, 7) is 9.45. The molecular formula is C25H47N3O7. The zero-order valence-corrected chi connectivity index (χ0v) is 22.6. The van der Waals surface area contributed by atoms with Crippen LogP contribution in [0.4, 0.5) is 0 Å². The van der Waals surface area contributed by atoms with Crippen LogP contribution in [0.15, 0.2) is 0 Å². The van der Waals surface area contributed by atoms with Crippen molar-refractivity contribution >= 4 is 11.8 Å². The fourth-order valence-electron chi connectivity index (χ4n) is 5.53. The number of likely N-dealkylation sites (N-methyl/N-ethyl adjacent to an activating group) is 1. The molecule has 2 heterocycles. The van der Waals surface area contributed by atoms with Gasteiger partial charge in [-0.1, -0.05) is 20.8 Å². The van der Waals surface area contributed by atoms with Gasteiger partial charge in [0.25, 0.3) is 0 Å². The van der Waals surface area contributed by atoms with Crippen LogP contribution in [0, 0.1) is 17.8 Å². The quantitative estimate of drug-likeness (QED) is 0.431. The number of carbonyl (C=O) groups excluding carboxylic acids is 2. The number of amides is 2. The molecule has 0 aromatic rings. The van der Waals surface area contributed by atoms with Crippen molar-refractivity contribution in [1.82, 2.24) is 15.1 Å². The van der Waals surface area contributed by atoms with Crippen molar-refractivity contribution in [2.24, 2.45) is 17.8 Å². The van der Waals surface area contributed by atoms with Gasteiger partial charge in [0.2, 0.25) is 11.8 Å². The molecule has 10 atom stereocenters. The van der Waals surface area contributed by atoms with Gasteiger partial charge in [-0.3, -0.25) is 9.59 Å². The average Bonchev–Trinajstić information content (AvgIpc) is 2.76. The minimum absolute atomic E-state index is 0.0741. The van der Waals surface area contributed by atoms with Gasteiger partial charge in [-0.25, -0.2) is 0 Å². The molecule has 204 valence electrons. The lowest BCUT2D eigenvalue weighted by Gasteiger charge is -2.46. The fourth-order valence-corrected chi connectivity index (χ4v) is 5.53. The third kappa shape index (κ3) is 7.60. The minimum Gasteiger partial charge on any atom is -0.392 e. The first-order valence-electron chi connectivity index (χ1n) is 12.7. The molecule has 2 saturated heterocycles. The molecule has 2 fully saturated rings. The molecule has 0 saturated carbocycles. The zero-order chi connectivity index (χ0) is 26.7. The normalized spacial score (nSPS) is 43.1. The molecule has 4 N–H and O–H groups in total. The van der Waals surface area contributed by atoms with E-state index in [1.54, 1.807) is 32.7 Å². The van der Waals surface area contributed by atoms with Gasteiger partial charge in [0.05, 0.1) is 29.8 Å². The highest BCUT2D eigenvalue weighted by molar-refractivity contribution is 5.80. The van der Waals surface area contributed by atoms with Crippen LogP contribution in [0.25, 0.3) is 0 Å². The van der Waals surface area contributed by atoms with Crippen LogP contribution in [-0.2, 0) is 19.1 Å². The Morgan fingerprint density at radius 1 is 1.14 bits per heavy atom. The number of hydrogen-bond donors (Lipinski definition) is 4. The van der Waals surface area contributed by atoms with Gasteiger partial charge in [-0.2, -0.15) is 0 Å². The first kappa shape index (κ1) is 29.9. The van der Waals surface area contributed by atoms with Crippen LogP contribution in [0.1, 0.15) is 53.9 Å². The van der Waals surface area contributed by atoms with E-state index in [0.29, 0.717) is 13.0 Å². The molecule has 0 unspecified atom stereocenters. The Kier molecular flexibility index (Phi) is 10.5. The molecule has 0 aliphatic carbocycles. The second-order valence-corrected chi connectivity index (χ2v) is 11.2. The molecule has 10 nitrogen and oxygen atoms in total. The molecule has 2 rings (SSSR count). The summed E-state index contributed by atoms with van der Waals surface area (Å²) in [7, 11) is 5.47. The maximum atomic E-state index is 12.7. The highest BCUT2D eigenvalue weighted by Crippen LogP contribution is 2.35. The summed E-state index contributed by atoms with van der Waals surface area (Å²) in [5.74, 6) is -2.02. The summed E-state index contributed by atoms with van der Waals surface area (Å²) >= 11 is 0. The van der Waals surface area contributed by atoms with Crippen LogP contribution in [0.3, 0.4) is 0 Å². The van der Waals surface area contributed by atoms with Crippen LogP contribution >= 0.6 is 0 Å². The van der Waals surface area contributed by atoms with Crippen molar-refractivity contribution in [2.75, 3.05) is 34.2 Å². The number of aliphatic hydroxyl groups excluding tert-OH is 2. The molecule has 10 heteroatoms. The molecule has 0 spiro atoms. The van der Waals surface area contributed by atoms with Gasteiger partial charge in [0, 0.05) is 38.5 Å². The van der Waals surface area contributed by atoms with Gasteiger partial charge in [-0.05, 0) is 46.7 Å². The lowest BCUT2D eigenvalue weighted by molar-refractivity contribution is -0.299. The number of hydrogen-bond acceptors (Lipinski definition) is 8. The van der Waals surface area contributed by atoms with E-state index >= 15 is 0 Å². The SMILES string of the molecule is C[C@H]1CN(C)C(=O)CCNC(=O)[C@H](C)[C@@H](O)[C@H](C)[C@@H](O[C@@H]2O[C@H](C)C[C@H](N(C)C)[C@H]2O)[C@](C)(O)C1. The molecule has 0 radical (unpaired) electrons.